The lowest BCUT2D eigenvalue weighted by Gasteiger charge is -2.13. The Balaban J connectivity index is 2.01. The summed E-state index contributed by atoms with van der Waals surface area (Å²) in [5.41, 5.74) is 1.49. The van der Waals surface area contributed by atoms with Crippen molar-refractivity contribution in [2.24, 2.45) is 0 Å². The molecule has 0 aliphatic heterocycles. The molecule has 0 saturated heterocycles. The Morgan fingerprint density at radius 3 is 2.55 bits per heavy atom. The molecule has 104 valence electrons. The van der Waals surface area contributed by atoms with E-state index < -0.39 is 0 Å². The van der Waals surface area contributed by atoms with Crippen LogP contribution in [0.5, 0.6) is 0 Å². The average Bonchev–Trinajstić information content (AvgIpc) is 2.42. The van der Waals surface area contributed by atoms with E-state index >= 15 is 0 Å². The monoisotopic (exact) mass is 272 g/mol. The zero-order valence-corrected chi connectivity index (χ0v) is 11.4. The highest BCUT2D eigenvalue weighted by Gasteiger charge is 2.05. The van der Waals surface area contributed by atoms with Gasteiger partial charge in [-0.3, -0.25) is 14.2 Å². The van der Waals surface area contributed by atoms with E-state index in [-0.39, 0.29) is 18.0 Å². The van der Waals surface area contributed by atoms with Crippen LogP contribution in [0.15, 0.2) is 47.7 Å². The molecule has 6 heteroatoms. The van der Waals surface area contributed by atoms with Crippen LogP contribution >= 0.6 is 0 Å². The van der Waals surface area contributed by atoms with E-state index in [1.54, 1.807) is 0 Å². The lowest BCUT2D eigenvalue weighted by Crippen LogP contribution is -2.27. The lowest BCUT2D eigenvalue weighted by molar-refractivity contribution is -0.116. The third-order valence-corrected chi connectivity index (χ3v) is 2.77. The Bertz CT molecular complexity index is 647. The predicted molar refractivity (Wildman–Crippen MR) is 77.9 cm³/mol. The van der Waals surface area contributed by atoms with Crippen molar-refractivity contribution < 1.29 is 4.79 Å². The molecule has 2 rings (SSSR count). The molecule has 2 aromatic rings. The number of carbonyl (C=O) groups excluding carboxylic acids is 1. The second-order valence-corrected chi connectivity index (χ2v) is 4.54. The van der Waals surface area contributed by atoms with Gasteiger partial charge in [-0.25, -0.2) is 4.98 Å². The lowest BCUT2D eigenvalue weighted by atomic mass is 10.2. The van der Waals surface area contributed by atoms with Gasteiger partial charge >= 0.3 is 0 Å². The average molecular weight is 272 g/mol. The highest BCUT2D eigenvalue weighted by atomic mass is 16.2. The van der Waals surface area contributed by atoms with Gasteiger partial charge < -0.3 is 10.2 Å². The summed E-state index contributed by atoms with van der Waals surface area (Å²) in [6, 6.07) is 8.77. The highest BCUT2D eigenvalue weighted by molar-refractivity contribution is 5.90. The van der Waals surface area contributed by atoms with Crippen molar-refractivity contribution in [1.82, 2.24) is 9.55 Å². The topological polar surface area (TPSA) is 67.2 Å². The molecule has 0 fully saturated rings. The molecule has 0 atom stereocenters. The van der Waals surface area contributed by atoms with Gasteiger partial charge in [0.2, 0.25) is 5.91 Å². The van der Waals surface area contributed by atoms with Gasteiger partial charge in [0.25, 0.3) is 5.56 Å². The molecule has 0 saturated carbocycles. The van der Waals surface area contributed by atoms with Crippen molar-refractivity contribution in [3.05, 3.63) is 53.2 Å². The van der Waals surface area contributed by atoms with E-state index in [0.29, 0.717) is 5.69 Å². The Labute approximate surface area is 116 Å². The van der Waals surface area contributed by atoms with E-state index in [9.17, 15) is 9.59 Å². The van der Waals surface area contributed by atoms with Crippen molar-refractivity contribution in [3.63, 3.8) is 0 Å². The standard InChI is InChI=1S/C14H16N4O2/c1-17(2)12-5-3-11(4-6-12)16-13(19)9-18-10-15-8-7-14(18)20/h3-8,10H,9H2,1-2H3,(H,16,19). The first-order valence-electron chi connectivity index (χ1n) is 6.14. The summed E-state index contributed by atoms with van der Waals surface area (Å²) in [6.45, 7) is -0.0535. The first-order valence-corrected chi connectivity index (χ1v) is 6.14. The van der Waals surface area contributed by atoms with Gasteiger partial charge in [-0.1, -0.05) is 0 Å². The number of aromatic nitrogens is 2. The van der Waals surface area contributed by atoms with Gasteiger partial charge in [0.15, 0.2) is 0 Å². The summed E-state index contributed by atoms with van der Waals surface area (Å²) in [5.74, 6) is -0.266. The number of anilines is 2. The molecular weight excluding hydrogens is 256 g/mol. The second-order valence-electron chi connectivity index (χ2n) is 4.54. The molecule has 1 aromatic heterocycles. The highest BCUT2D eigenvalue weighted by Crippen LogP contribution is 2.15. The van der Waals surface area contributed by atoms with Crippen LogP contribution in [0.2, 0.25) is 0 Å². The van der Waals surface area contributed by atoms with Crippen LogP contribution in [-0.4, -0.2) is 29.6 Å². The summed E-state index contributed by atoms with van der Waals surface area (Å²) in [7, 11) is 3.89. The Morgan fingerprint density at radius 2 is 1.95 bits per heavy atom. The summed E-state index contributed by atoms with van der Waals surface area (Å²) in [6.07, 6.45) is 2.74. The van der Waals surface area contributed by atoms with E-state index in [2.05, 4.69) is 10.3 Å². The van der Waals surface area contributed by atoms with Gasteiger partial charge in [-0.05, 0) is 24.3 Å². The first-order chi connectivity index (χ1) is 9.56. The molecule has 1 N–H and O–H groups in total. The molecule has 0 aliphatic rings. The fourth-order valence-corrected chi connectivity index (χ4v) is 1.70. The van der Waals surface area contributed by atoms with Crippen LogP contribution in [-0.2, 0) is 11.3 Å². The molecule has 0 radical (unpaired) electrons. The van der Waals surface area contributed by atoms with Crippen molar-refractivity contribution in [2.75, 3.05) is 24.3 Å². The molecule has 0 spiro atoms. The zero-order valence-electron chi connectivity index (χ0n) is 11.4. The van der Waals surface area contributed by atoms with Crippen LogP contribution in [0, 0.1) is 0 Å². The van der Waals surface area contributed by atoms with E-state index in [0.717, 1.165) is 5.69 Å². The third kappa shape index (κ3) is 3.44. The van der Waals surface area contributed by atoms with E-state index in [1.807, 2.05) is 43.3 Å². The fraction of sp³-hybridized carbons (Fsp3) is 0.214. The number of rotatable bonds is 4. The predicted octanol–water partition coefficient (Wildman–Crippen LogP) is 0.948. The number of hydrogen-bond donors (Lipinski definition) is 1. The smallest absolute Gasteiger partial charge is 0.253 e. The Morgan fingerprint density at radius 1 is 1.25 bits per heavy atom. The maximum absolute atomic E-state index is 11.8. The zero-order chi connectivity index (χ0) is 14.5. The Kier molecular flexibility index (Phi) is 4.14. The van der Waals surface area contributed by atoms with Gasteiger partial charge in [-0.2, -0.15) is 0 Å². The number of amides is 1. The third-order valence-electron chi connectivity index (χ3n) is 2.77. The minimum Gasteiger partial charge on any atom is -0.378 e. The summed E-state index contributed by atoms with van der Waals surface area (Å²) in [5, 5.41) is 2.74. The van der Waals surface area contributed by atoms with Gasteiger partial charge in [0.1, 0.15) is 6.54 Å². The van der Waals surface area contributed by atoms with Crippen LogP contribution in [0.4, 0.5) is 11.4 Å². The largest absolute Gasteiger partial charge is 0.378 e. The number of carbonyl (C=O) groups is 1. The Hall–Kier alpha value is -2.63. The maximum atomic E-state index is 11.8. The minimum absolute atomic E-state index is 0.0535. The molecule has 0 unspecified atom stereocenters. The minimum atomic E-state index is -0.266. The summed E-state index contributed by atoms with van der Waals surface area (Å²) >= 11 is 0. The molecule has 1 amide bonds. The maximum Gasteiger partial charge on any atom is 0.253 e. The fourth-order valence-electron chi connectivity index (χ4n) is 1.70. The molecule has 0 bridgehead atoms. The molecule has 0 aliphatic carbocycles. The second kappa shape index (κ2) is 6.01. The number of benzene rings is 1. The normalized spacial score (nSPS) is 10.1. The number of nitrogens with one attached hydrogen (secondary N) is 1. The molecular formula is C14H16N4O2. The number of nitrogens with zero attached hydrogens (tertiary/aromatic N) is 3. The molecule has 1 aromatic carbocycles. The van der Waals surface area contributed by atoms with Crippen molar-refractivity contribution in [1.29, 1.82) is 0 Å². The molecule has 1 heterocycles. The van der Waals surface area contributed by atoms with Crippen LogP contribution < -0.4 is 15.8 Å². The van der Waals surface area contributed by atoms with E-state index in [4.69, 9.17) is 0 Å². The molecule has 20 heavy (non-hydrogen) atoms. The molecule has 6 nitrogen and oxygen atoms in total. The summed E-state index contributed by atoms with van der Waals surface area (Å²) < 4.78 is 1.25. The van der Waals surface area contributed by atoms with Crippen LogP contribution in [0.25, 0.3) is 0 Å². The first kappa shape index (κ1) is 13.8. The van der Waals surface area contributed by atoms with Crippen LogP contribution in [0.3, 0.4) is 0 Å². The summed E-state index contributed by atoms with van der Waals surface area (Å²) in [4.78, 5) is 29.1. The SMILES string of the molecule is CN(C)c1ccc(NC(=O)Cn2cnccc2=O)cc1. The van der Waals surface area contributed by atoms with Crippen molar-refractivity contribution in [2.45, 2.75) is 6.54 Å². The van der Waals surface area contributed by atoms with E-state index in [1.165, 1.54) is 23.2 Å². The van der Waals surface area contributed by atoms with Gasteiger partial charge in [0.05, 0.1) is 6.33 Å². The van der Waals surface area contributed by atoms with Gasteiger partial charge in [0, 0.05) is 37.7 Å². The van der Waals surface area contributed by atoms with Crippen molar-refractivity contribution >= 4 is 17.3 Å². The number of hydrogen-bond acceptors (Lipinski definition) is 4. The van der Waals surface area contributed by atoms with Crippen molar-refractivity contribution in [3.8, 4) is 0 Å². The quantitative estimate of drug-likeness (QED) is 0.899. The van der Waals surface area contributed by atoms with Crippen LogP contribution in [0.1, 0.15) is 0 Å². The van der Waals surface area contributed by atoms with Gasteiger partial charge in [-0.15, -0.1) is 0 Å².